The van der Waals surface area contributed by atoms with Crippen LogP contribution in [0.1, 0.15) is 11.1 Å². The van der Waals surface area contributed by atoms with Crippen molar-refractivity contribution >= 4 is 0 Å². The first-order valence-corrected chi connectivity index (χ1v) is 10.0. The maximum Gasteiger partial charge on any atom is 0.231 e. The van der Waals surface area contributed by atoms with E-state index in [1.54, 1.807) is 13.2 Å². The number of rotatable bonds is 7. The van der Waals surface area contributed by atoms with Gasteiger partial charge in [0.1, 0.15) is 30.2 Å². The third-order valence-corrected chi connectivity index (χ3v) is 5.45. The molecule has 31 heavy (non-hydrogen) atoms. The van der Waals surface area contributed by atoms with Crippen LogP contribution < -0.4 is 18.9 Å². The second-order valence-electron chi connectivity index (χ2n) is 7.49. The average Bonchev–Trinajstić information content (AvgIpc) is 3.27. The molecular formula is C22H26O9. The lowest BCUT2D eigenvalue weighted by atomic mass is 9.99. The van der Waals surface area contributed by atoms with Crippen LogP contribution in [0, 0.1) is 0 Å². The molecule has 0 saturated carbocycles. The molecule has 2 aromatic rings. The summed E-state index contributed by atoms with van der Waals surface area (Å²) in [6.07, 6.45) is -5.41. The van der Waals surface area contributed by atoms with E-state index < -0.39 is 37.3 Å². The van der Waals surface area contributed by atoms with E-state index >= 15 is 0 Å². The van der Waals surface area contributed by atoms with Crippen molar-refractivity contribution in [2.75, 3.05) is 20.5 Å². The Morgan fingerprint density at radius 1 is 0.935 bits per heavy atom. The number of aryl methyl sites for hydroxylation is 2. The summed E-state index contributed by atoms with van der Waals surface area (Å²) in [6.45, 7) is -0.507. The molecular weight excluding hydrogens is 408 g/mol. The molecule has 2 heterocycles. The van der Waals surface area contributed by atoms with Crippen molar-refractivity contribution in [3.8, 4) is 23.0 Å². The highest BCUT2D eigenvalue weighted by Crippen LogP contribution is 2.43. The highest BCUT2D eigenvalue weighted by atomic mass is 16.7. The fourth-order valence-corrected chi connectivity index (χ4v) is 3.63. The van der Waals surface area contributed by atoms with Crippen LogP contribution in [0.4, 0.5) is 0 Å². The number of ether oxygens (including phenoxy) is 5. The Labute approximate surface area is 179 Å². The summed E-state index contributed by atoms with van der Waals surface area (Å²) in [5.41, 5.74) is 2.05. The molecule has 1 saturated heterocycles. The first-order chi connectivity index (χ1) is 15.0. The molecule has 4 rings (SSSR count). The zero-order valence-corrected chi connectivity index (χ0v) is 17.0. The fourth-order valence-electron chi connectivity index (χ4n) is 3.63. The molecule has 168 valence electrons. The van der Waals surface area contributed by atoms with Gasteiger partial charge in [-0.15, -0.1) is 0 Å². The SMILES string of the molecule is COc1ccc(CCc2cc3c(c(O[C@@H]4O[C@H](CO)[C@@H](O)[C@H](O)[C@H]4O)c2)OCO3)cc1. The van der Waals surface area contributed by atoms with Gasteiger partial charge in [-0.25, -0.2) is 0 Å². The van der Waals surface area contributed by atoms with Gasteiger partial charge in [0.15, 0.2) is 11.5 Å². The second-order valence-corrected chi connectivity index (χ2v) is 7.49. The Kier molecular flexibility index (Phi) is 6.49. The number of aliphatic hydroxyl groups is 4. The third kappa shape index (κ3) is 4.56. The highest BCUT2D eigenvalue weighted by molar-refractivity contribution is 5.55. The molecule has 0 aromatic heterocycles. The summed E-state index contributed by atoms with van der Waals surface area (Å²) < 4.78 is 27.4. The number of aliphatic hydroxyl groups excluding tert-OH is 4. The summed E-state index contributed by atoms with van der Waals surface area (Å²) in [5.74, 6) is 1.95. The van der Waals surface area contributed by atoms with Crippen molar-refractivity contribution in [3.05, 3.63) is 47.5 Å². The molecule has 4 N–H and O–H groups in total. The van der Waals surface area contributed by atoms with E-state index in [0.717, 1.165) is 23.3 Å². The largest absolute Gasteiger partial charge is 0.497 e. The van der Waals surface area contributed by atoms with E-state index in [1.165, 1.54) is 0 Å². The van der Waals surface area contributed by atoms with Crippen LogP contribution in [-0.4, -0.2) is 71.6 Å². The second kappa shape index (κ2) is 9.29. The van der Waals surface area contributed by atoms with Gasteiger partial charge >= 0.3 is 0 Å². The summed E-state index contributed by atoms with van der Waals surface area (Å²) >= 11 is 0. The summed E-state index contributed by atoms with van der Waals surface area (Å²) in [5, 5.41) is 39.6. The van der Waals surface area contributed by atoms with Crippen molar-refractivity contribution in [2.24, 2.45) is 0 Å². The van der Waals surface area contributed by atoms with Gasteiger partial charge in [0.2, 0.25) is 18.8 Å². The van der Waals surface area contributed by atoms with E-state index in [9.17, 15) is 20.4 Å². The third-order valence-electron chi connectivity index (χ3n) is 5.45. The number of benzene rings is 2. The molecule has 0 bridgehead atoms. The Balaban J connectivity index is 1.51. The molecule has 0 unspecified atom stereocenters. The predicted octanol–water partition coefficient (Wildman–Crippen LogP) is 0.388. The number of fused-ring (bicyclic) bond motifs is 1. The van der Waals surface area contributed by atoms with E-state index in [4.69, 9.17) is 23.7 Å². The topological polar surface area (TPSA) is 127 Å². The van der Waals surface area contributed by atoms with Crippen molar-refractivity contribution in [1.29, 1.82) is 0 Å². The summed E-state index contributed by atoms with van der Waals surface area (Å²) in [4.78, 5) is 0. The zero-order chi connectivity index (χ0) is 22.0. The van der Waals surface area contributed by atoms with Crippen LogP contribution in [0.2, 0.25) is 0 Å². The molecule has 9 heteroatoms. The van der Waals surface area contributed by atoms with Crippen LogP contribution >= 0.6 is 0 Å². The zero-order valence-electron chi connectivity index (χ0n) is 17.0. The first kappa shape index (κ1) is 21.7. The molecule has 0 amide bonds. The summed E-state index contributed by atoms with van der Waals surface area (Å²) in [6, 6.07) is 11.4. The van der Waals surface area contributed by atoms with Crippen molar-refractivity contribution in [3.63, 3.8) is 0 Å². The molecule has 0 aliphatic carbocycles. The van der Waals surface area contributed by atoms with Crippen LogP contribution in [-0.2, 0) is 17.6 Å². The fraction of sp³-hybridized carbons (Fsp3) is 0.455. The van der Waals surface area contributed by atoms with Gasteiger partial charge in [-0.3, -0.25) is 0 Å². The van der Waals surface area contributed by atoms with Crippen molar-refractivity contribution in [2.45, 2.75) is 43.5 Å². The van der Waals surface area contributed by atoms with Crippen LogP contribution in [0.5, 0.6) is 23.0 Å². The van der Waals surface area contributed by atoms with E-state index in [2.05, 4.69) is 0 Å². The molecule has 0 radical (unpaired) electrons. The van der Waals surface area contributed by atoms with E-state index in [1.807, 2.05) is 30.3 Å². The number of hydrogen-bond donors (Lipinski definition) is 4. The first-order valence-electron chi connectivity index (χ1n) is 10.0. The Hall–Kier alpha value is -2.56. The summed E-state index contributed by atoms with van der Waals surface area (Å²) in [7, 11) is 1.62. The lowest BCUT2D eigenvalue weighted by Gasteiger charge is -2.39. The lowest BCUT2D eigenvalue weighted by Crippen LogP contribution is -2.60. The monoisotopic (exact) mass is 434 g/mol. The standard InChI is InChI=1S/C22H26O9/c1-27-14-6-4-12(5-7-14)2-3-13-8-15-21(29-11-28-15)16(9-13)30-22-20(26)19(25)18(24)17(10-23)31-22/h4-9,17-20,22-26H,2-3,10-11H2,1H3/t17-,18-,19+,20-,22-/m1/s1. The Morgan fingerprint density at radius 3 is 2.39 bits per heavy atom. The smallest absolute Gasteiger partial charge is 0.231 e. The van der Waals surface area contributed by atoms with Crippen molar-refractivity contribution in [1.82, 2.24) is 0 Å². The van der Waals surface area contributed by atoms with Gasteiger partial charge in [0.05, 0.1) is 13.7 Å². The minimum atomic E-state index is -1.53. The maximum absolute atomic E-state index is 10.3. The van der Waals surface area contributed by atoms with Gasteiger partial charge < -0.3 is 44.1 Å². The molecule has 0 spiro atoms. The normalized spacial score (nSPS) is 27.2. The van der Waals surface area contributed by atoms with Gasteiger partial charge in [0, 0.05) is 0 Å². The van der Waals surface area contributed by atoms with Gasteiger partial charge in [0.25, 0.3) is 0 Å². The molecule has 2 aliphatic heterocycles. The van der Waals surface area contributed by atoms with E-state index in [0.29, 0.717) is 17.9 Å². The predicted molar refractivity (Wildman–Crippen MR) is 107 cm³/mol. The average molecular weight is 434 g/mol. The van der Waals surface area contributed by atoms with Gasteiger partial charge in [-0.1, -0.05) is 12.1 Å². The van der Waals surface area contributed by atoms with E-state index in [-0.39, 0.29) is 12.5 Å². The van der Waals surface area contributed by atoms with Crippen LogP contribution in [0.15, 0.2) is 36.4 Å². The molecule has 9 nitrogen and oxygen atoms in total. The number of hydrogen-bond acceptors (Lipinski definition) is 9. The lowest BCUT2D eigenvalue weighted by molar-refractivity contribution is -0.277. The molecule has 1 fully saturated rings. The minimum absolute atomic E-state index is 0.0301. The molecule has 2 aromatic carbocycles. The maximum atomic E-state index is 10.3. The highest BCUT2D eigenvalue weighted by Gasteiger charge is 2.45. The quantitative estimate of drug-likeness (QED) is 0.489. The minimum Gasteiger partial charge on any atom is -0.497 e. The number of methoxy groups -OCH3 is 1. The van der Waals surface area contributed by atoms with Gasteiger partial charge in [-0.05, 0) is 48.2 Å². The van der Waals surface area contributed by atoms with Crippen LogP contribution in [0.25, 0.3) is 0 Å². The Bertz CT molecular complexity index is 883. The van der Waals surface area contributed by atoms with Crippen LogP contribution in [0.3, 0.4) is 0 Å². The Morgan fingerprint density at radius 2 is 1.68 bits per heavy atom. The van der Waals surface area contributed by atoms with Crippen molar-refractivity contribution < 1.29 is 44.1 Å². The molecule has 5 atom stereocenters. The molecule has 2 aliphatic rings. The van der Waals surface area contributed by atoms with Gasteiger partial charge in [-0.2, -0.15) is 0 Å².